The molecule has 1 unspecified atom stereocenters. The monoisotopic (exact) mass is 293 g/mol. The number of hydrogen-bond acceptors (Lipinski definition) is 4. The quantitative estimate of drug-likeness (QED) is 0.647. The Morgan fingerprint density at radius 2 is 1.90 bits per heavy atom. The zero-order chi connectivity index (χ0) is 16.1. The van der Waals surface area contributed by atoms with Gasteiger partial charge in [-0.3, -0.25) is 4.79 Å². The van der Waals surface area contributed by atoms with E-state index in [1.54, 1.807) is 6.92 Å². The van der Waals surface area contributed by atoms with Gasteiger partial charge in [0.05, 0.1) is 13.7 Å². The number of carbonyl (C=O) groups excluding carboxylic acids is 1. The number of rotatable bonds is 6. The summed E-state index contributed by atoms with van der Waals surface area (Å²) in [7, 11) is 1.35. The molecule has 0 bridgehead atoms. The lowest BCUT2D eigenvalue weighted by Crippen LogP contribution is -2.45. The van der Waals surface area contributed by atoms with Gasteiger partial charge in [0.25, 0.3) is 0 Å². The predicted molar refractivity (Wildman–Crippen MR) is 84.5 cm³/mol. The fraction of sp³-hybridized carbons (Fsp3) is 0.588. The van der Waals surface area contributed by atoms with E-state index in [9.17, 15) is 4.79 Å². The summed E-state index contributed by atoms with van der Waals surface area (Å²) >= 11 is 0. The molecular formula is C17H27NO3. The highest BCUT2D eigenvalue weighted by Gasteiger charge is 2.28. The molecule has 2 N–H and O–H groups in total. The summed E-state index contributed by atoms with van der Waals surface area (Å²) in [4.78, 5) is 11.5. The first kappa shape index (κ1) is 17.5. The molecule has 0 aromatic heterocycles. The normalized spacial score (nSPS) is 14.4. The smallest absolute Gasteiger partial charge is 0.325 e. The van der Waals surface area contributed by atoms with E-state index in [4.69, 9.17) is 10.5 Å². The van der Waals surface area contributed by atoms with Gasteiger partial charge < -0.3 is 15.2 Å². The fourth-order valence-corrected chi connectivity index (χ4v) is 2.02. The summed E-state index contributed by atoms with van der Waals surface area (Å²) < 4.78 is 10.4. The molecule has 4 nitrogen and oxygen atoms in total. The first-order valence-corrected chi connectivity index (χ1v) is 7.27. The third-order valence-corrected chi connectivity index (χ3v) is 3.46. The average Bonchev–Trinajstić information content (AvgIpc) is 2.42. The maximum Gasteiger partial charge on any atom is 0.325 e. The van der Waals surface area contributed by atoms with E-state index >= 15 is 0 Å². The molecule has 21 heavy (non-hydrogen) atoms. The van der Waals surface area contributed by atoms with Gasteiger partial charge in [-0.15, -0.1) is 0 Å². The maximum atomic E-state index is 11.5. The number of carbonyl (C=O) groups is 1. The van der Waals surface area contributed by atoms with Gasteiger partial charge in [0, 0.05) is 0 Å². The second-order valence-corrected chi connectivity index (χ2v) is 6.64. The Kier molecular flexibility index (Phi) is 5.78. The van der Waals surface area contributed by atoms with Gasteiger partial charge in [0.1, 0.15) is 11.3 Å². The average molecular weight is 293 g/mol. The Hall–Kier alpha value is -1.55. The van der Waals surface area contributed by atoms with Crippen LogP contribution in [0.1, 0.15) is 46.1 Å². The summed E-state index contributed by atoms with van der Waals surface area (Å²) in [6.45, 7) is 8.71. The molecule has 1 atom stereocenters. The number of ether oxygens (including phenoxy) is 2. The maximum absolute atomic E-state index is 11.5. The molecule has 0 amide bonds. The van der Waals surface area contributed by atoms with Crippen molar-refractivity contribution >= 4 is 5.97 Å². The Morgan fingerprint density at radius 1 is 1.24 bits per heavy atom. The molecule has 0 saturated heterocycles. The van der Waals surface area contributed by atoms with E-state index in [0.717, 1.165) is 5.75 Å². The zero-order valence-corrected chi connectivity index (χ0v) is 13.7. The minimum absolute atomic E-state index is 0.0973. The van der Waals surface area contributed by atoms with Crippen molar-refractivity contribution < 1.29 is 14.3 Å². The van der Waals surface area contributed by atoms with Crippen molar-refractivity contribution in [3.63, 3.8) is 0 Å². The first-order chi connectivity index (χ1) is 9.66. The Morgan fingerprint density at radius 3 is 2.48 bits per heavy atom. The zero-order valence-electron chi connectivity index (χ0n) is 13.7. The number of methoxy groups -OCH3 is 1. The minimum atomic E-state index is -0.953. The molecule has 0 aliphatic carbocycles. The number of nitrogens with two attached hydrogens (primary N) is 1. The van der Waals surface area contributed by atoms with Gasteiger partial charge in [0.2, 0.25) is 0 Å². The Bertz CT molecular complexity index is 475. The summed E-state index contributed by atoms with van der Waals surface area (Å²) in [6.07, 6.45) is 1.22. The second-order valence-electron chi connectivity index (χ2n) is 6.64. The van der Waals surface area contributed by atoms with Gasteiger partial charge in [-0.2, -0.15) is 0 Å². The van der Waals surface area contributed by atoms with Crippen LogP contribution in [-0.2, 0) is 14.9 Å². The van der Waals surface area contributed by atoms with Gasteiger partial charge in [-0.05, 0) is 42.9 Å². The summed E-state index contributed by atoms with van der Waals surface area (Å²) in [5.41, 5.74) is 6.28. The van der Waals surface area contributed by atoms with Crippen LogP contribution in [0.15, 0.2) is 24.3 Å². The first-order valence-electron chi connectivity index (χ1n) is 7.27. The molecule has 1 aromatic carbocycles. The Balaban J connectivity index is 2.49. The van der Waals surface area contributed by atoms with E-state index < -0.39 is 11.5 Å². The predicted octanol–water partition coefficient (Wildman–Crippen LogP) is 3.03. The molecule has 0 aliphatic heterocycles. The molecule has 0 aliphatic rings. The van der Waals surface area contributed by atoms with Gasteiger partial charge in [0.15, 0.2) is 0 Å². The highest BCUT2D eigenvalue weighted by atomic mass is 16.5. The number of benzene rings is 1. The van der Waals surface area contributed by atoms with Gasteiger partial charge in [-0.25, -0.2) is 0 Å². The number of esters is 1. The van der Waals surface area contributed by atoms with Crippen molar-refractivity contribution in [1.82, 2.24) is 0 Å². The van der Waals surface area contributed by atoms with Crippen LogP contribution in [0.5, 0.6) is 5.75 Å². The third kappa shape index (κ3) is 5.38. The lowest BCUT2D eigenvalue weighted by Gasteiger charge is -2.22. The van der Waals surface area contributed by atoms with Crippen LogP contribution in [0.2, 0.25) is 0 Å². The topological polar surface area (TPSA) is 61.5 Å². The van der Waals surface area contributed by atoms with E-state index in [1.165, 1.54) is 12.7 Å². The van der Waals surface area contributed by atoms with Crippen molar-refractivity contribution in [3.8, 4) is 5.75 Å². The van der Waals surface area contributed by atoms with Crippen LogP contribution in [0.4, 0.5) is 0 Å². The van der Waals surface area contributed by atoms with Crippen molar-refractivity contribution in [2.24, 2.45) is 5.73 Å². The molecule has 4 heteroatoms. The lowest BCUT2D eigenvalue weighted by molar-refractivity contribution is -0.146. The molecule has 0 spiro atoms. The highest BCUT2D eigenvalue weighted by Crippen LogP contribution is 2.25. The van der Waals surface area contributed by atoms with E-state index in [1.807, 2.05) is 12.1 Å². The van der Waals surface area contributed by atoms with Crippen molar-refractivity contribution in [2.75, 3.05) is 13.7 Å². The summed E-state index contributed by atoms with van der Waals surface area (Å²) in [6, 6.07) is 8.09. The number of hydrogen-bond donors (Lipinski definition) is 1. The van der Waals surface area contributed by atoms with Crippen molar-refractivity contribution in [1.29, 1.82) is 0 Å². The minimum Gasteiger partial charge on any atom is -0.494 e. The van der Waals surface area contributed by atoms with Gasteiger partial charge in [-0.1, -0.05) is 32.9 Å². The van der Waals surface area contributed by atoms with Crippen LogP contribution in [-0.4, -0.2) is 25.2 Å². The molecule has 0 radical (unpaired) electrons. The van der Waals surface area contributed by atoms with Crippen LogP contribution < -0.4 is 10.5 Å². The van der Waals surface area contributed by atoms with Crippen LogP contribution in [0, 0.1) is 0 Å². The molecule has 118 valence electrons. The molecule has 0 saturated carbocycles. The lowest BCUT2D eigenvalue weighted by atomic mass is 9.87. The van der Waals surface area contributed by atoms with Crippen LogP contribution >= 0.6 is 0 Å². The highest BCUT2D eigenvalue weighted by molar-refractivity contribution is 5.79. The summed E-state index contributed by atoms with van der Waals surface area (Å²) in [5, 5.41) is 0. The van der Waals surface area contributed by atoms with E-state index in [0.29, 0.717) is 19.4 Å². The van der Waals surface area contributed by atoms with Crippen LogP contribution in [0.25, 0.3) is 0 Å². The third-order valence-electron chi connectivity index (χ3n) is 3.46. The molecule has 0 heterocycles. The largest absolute Gasteiger partial charge is 0.494 e. The Labute approximate surface area is 127 Å². The van der Waals surface area contributed by atoms with E-state index in [-0.39, 0.29) is 5.41 Å². The van der Waals surface area contributed by atoms with E-state index in [2.05, 4.69) is 37.6 Å². The molecule has 1 aromatic rings. The fourth-order valence-electron chi connectivity index (χ4n) is 2.02. The molecular weight excluding hydrogens is 266 g/mol. The van der Waals surface area contributed by atoms with Crippen molar-refractivity contribution in [2.45, 2.75) is 51.5 Å². The molecule has 0 fully saturated rings. The second kappa shape index (κ2) is 6.94. The van der Waals surface area contributed by atoms with Gasteiger partial charge >= 0.3 is 5.97 Å². The van der Waals surface area contributed by atoms with Crippen LogP contribution in [0.3, 0.4) is 0 Å². The SMILES string of the molecule is COC(=O)C(C)(N)CCCOc1cccc(C(C)(C)C)c1. The molecule has 1 rings (SSSR count). The summed E-state index contributed by atoms with van der Waals surface area (Å²) in [5.74, 6) is 0.455. The standard InChI is InChI=1S/C17H27NO3/c1-16(2,3)13-8-6-9-14(12-13)21-11-7-10-17(4,18)15(19)20-5/h6,8-9,12H,7,10-11,18H2,1-5H3. The van der Waals surface area contributed by atoms with Crippen molar-refractivity contribution in [3.05, 3.63) is 29.8 Å².